The van der Waals surface area contributed by atoms with E-state index in [4.69, 9.17) is 12.2 Å². The Balaban J connectivity index is 2.02. The van der Waals surface area contributed by atoms with E-state index in [9.17, 15) is 4.79 Å². The number of carbonyl (C=O) groups is 1. The molecule has 3 nitrogen and oxygen atoms in total. The molecule has 1 saturated heterocycles. The zero-order chi connectivity index (χ0) is 13.4. The molecule has 2 aliphatic heterocycles. The summed E-state index contributed by atoms with van der Waals surface area (Å²) in [6.07, 6.45) is 2.21. The number of anilines is 1. The summed E-state index contributed by atoms with van der Waals surface area (Å²) >= 11 is 6.41. The quantitative estimate of drug-likeness (QED) is 0.637. The lowest BCUT2D eigenvalue weighted by atomic mass is 10.0. The molecule has 1 aromatic rings. The minimum atomic E-state index is -0.0736. The summed E-state index contributed by atoms with van der Waals surface area (Å²) in [6.45, 7) is 2.95. The Morgan fingerprint density at radius 1 is 1.42 bits per heavy atom. The van der Waals surface area contributed by atoms with Crippen LogP contribution >= 0.6 is 24.0 Å². The van der Waals surface area contributed by atoms with Crippen molar-refractivity contribution in [3.05, 3.63) is 40.4 Å². The summed E-state index contributed by atoms with van der Waals surface area (Å²) in [6, 6.07) is 8.39. The van der Waals surface area contributed by atoms with Crippen molar-refractivity contribution in [1.82, 2.24) is 5.32 Å². The van der Waals surface area contributed by atoms with Crippen LogP contribution in [0.1, 0.15) is 18.9 Å². The number of fused-ring (bicyclic) bond motifs is 1. The van der Waals surface area contributed by atoms with E-state index < -0.39 is 0 Å². The van der Waals surface area contributed by atoms with Gasteiger partial charge in [0.2, 0.25) is 0 Å². The van der Waals surface area contributed by atoms with Crippen LogP contribution < -0.4 is 10.2 Å². The topological polar surface area (TPSA) is 32.3 Å². The number of para-hydroxylation sites is 1. The average Bonchev–Trinajstić information content (AvgIpc) is 2.76. The van der Waals surface area contributed by atoms with Gasteiger partial charge in [0, 0.05) is 17.9 Å². The summed E-state index contributed by atoms with van der Waals surface area (Å²) in [5, 5.41) is 2.68. The van der Waals surface area contributed by atoms with Crippen LogP contribution in [0.5, 0.6) is 0 Å². The summed E-state index contributed by atoms with van der Waals surface area (Å²) in [4.78, 5) is 14.8. The molecule has 1 amide bonds. The molecule has 19 heavy (non-hydrogen) atoms. The fourth-order valence-electron chi connectivity index (χ4n) is 2.56. The highest BCUT2D eigenvalue weighted by Crippen LogP contribution is 2.34. The number of thiocarbonyl (C=S) groups is 1. The van der Waals surface area contributed by atoms with Gasteiger partial charge in [0.15, 0.2) is 0 Å². The van der Waals surface area contributed by atoms with Crippen LogP contribution in [0.15, 0.2) is 34.9 Å². The van der Waals surface area contributed by atoms with Crippen LogP contribution in [-0.2, 0) is 11.2 Å². The van der Waals surface area contributed by atoms with Gasteiger partial charge in [-0.25, -0.2) is 0 Å². The fraction of sp³-hybridized carbons (Fsp3) is 0.286. The molecule has 1 fully saturated rings. The van der Waals surface area contributed by atoms with Gasteiger partial charge in [-0.2, -0.15) is 0 Å². The Kier molecular flexibility index (Phi) is 3.33. The third kappa shape index (κ3) is 2.28. The van der Waals surface area contributed by atoms with Gasteiger partial charge < -0.3 is 10.2 Å². The van der Waals surface area contributed by atoms with Gasteiger partial charge in [0.1, 0.15) is 4.32 Å². The predicted octanol–water partition coefficient (Wildman–Crippen LogP) is 2.82. The lowest BCUT2D eigenvalue weighted by Crippen LogP contribution is -2.29. The first-order valence-corrected chi connectivity index (χ1v) is 7.49. The summed E-state index contributed by atoms with van der Waals surface area (Å²) in [7, 11) is 0. The Morgan fingerprint density at radius 2 is 2.21 bits per heavy atom. The molecule has 2 heterocycles. The SMILES string of the molecule is C/C(=C1\SC(=S)NC1=O)N1CCCc2ccccc21. The number of amides is 1. The van der Waals surface area contributed by atoms with E-state index in [2.05, 4.69) is 28.4 Å². The van der Waals surface area contributed by atoms with Crippen molar-refractivity contribution in [3.63, 3.8) is 0 Å². The van der Waals surface area contributed by atoms with Gasteiger partial charge in [0.25, 0.3) is 5.91 Å². The first-order valence-electron chi connectivity index (χ1n) is 6.26. The minimum absolute atomic E-state index is 0.0736. The Morgan fingerprint density at radius 3 is 2.95 bits per heavy atom. The number of allylic oxidation sites excluding steroid dienone is 1. The molecule has 98 valence electrons. The standard InChI is InChI=1S/C14H14N2OS2/c1-9(12-13(17)15-14(18)19-12)16-8-4-6-10-5-2-3-7-11(10)16/h2-3,5,7H,4,6,8H2,1H3,(H,15,17,18)/b12-9+. The fourth-order valence-corrected chi connectivity index (χ4v) is 3.63. The van der Waals surface area contributed by atoms with Crippen LogP contribution in [0.3, 0.4) is 0 Å². The second-order valence-corrected chi connectivity index (χ2v) is 6.33. The lowest BCUT2D eigenvalue weighted by Gasteiger charge is -2.32. The Hall–Kier alpha value is -1.33. The molecule has 0 aliphatic carbocycles. The van der Waals surface area contributed by atoms with Crippen molar-refractivity contribution in [3.8, 4) is 0 Å². The zero-order valence-electron chi connectivity index (χ0n) is 10.6. The predicted molar refractivity (Wildman–Crippen MR) is 83.1 cm³/mol. The first-order chi connectivity index (χ1) is 9.16. The maximum absolute atomic E-state index is 11.9. The second-order valence-electron chi connectivity index (χ2n) is 4.64. The molecule has 2 aliphatic rings. The molecule has 1 aromatic carbocycles. The highest BCUT2D eigenvalue weighted by molar-refractivity contribution is 8.26. The number of benzene rings is 1. The van der Waals surface area contributed by atoms with Crippen molar-refractivity contribution in [2.24, 2.45) is 0 Å². The van der Waals surface area contributed by atoms with E-state index in [0.717, 1.165) is 30.0 Å². The number of nitrogens with zero attached hydrogens (tertiary/aromatic N) is 1. The van der Waals surface area contributed by atoms with Gasteiger partial charge in [-0.3, -0.25) is 4.79 Å². The van der Waals surface area contributed by atoms with Crippen LogP contribution in [0.25, 0.3) is 0 Å². The molecule has 0 aromatic heterocycles. The maximum atomic E-state index is 11.9. The first kappa shape index (κ1) is 12.7. The van der Waals surface area contributed by atoms with Gasteiger partial charge in [0.05, 0.1) is 4.91 Å². The van der Waals surface area contributed by atoms with Crippen molar-refractivity contribution >= 4 is 39.9 Å². The molecule has 0 radical (unpaired) electrons. The van der Waals surface area contributed by atoms with E-state index in [1.807, 2.05) is 13.0 Å². The zero-order valence-corrected chi connectivity index (χ0v) is 12.2. The smallest absolute Gasteiger partial charge is 0.265 e. The normalized spacial score (nSPS) is 21.2. The minimum Gasteiger partial charge on any atom is -0.344 e. The molecule has 0 saturated carbocycles. The van der Waals surface area contributed by atoms with Crippen molar-refractivity contribution in [2.75, 3.05) is 11.4 Å². The molecular weight excluding hydrogens is 276 g/mol. The third-order valence-electron chi connectivity index (χ3n) is 3.46. The molecule has 0 atom stereocenters. The molecule has 0 bridgehead atoms. The molecule has 3 rings (SSSR count). The van der Waals surface area contributed by atoms with Gasteiger partial charge in [-0.05, 0) is 31.4 Å². The van der Waals surface area contributed by atoms with Crippen molar-refractivity contribution in [1.29, 1.82) is 0 Å². The molecular formula is C14H14N2OS2. The van der Waals surface area contributed by atoms with E-state index in [0.29, 0.717) is 4.32 Å². The Labute approximate surface area is 122 Å². The Bertz CT molecular complexity index is 595. The van der Waals surface area contributed by atoms with Crippen LogP contribution in [0.2, 0.25) is 0 Å². The van der Waals surface area contributed by atoms with Crippen LogP contribution in [0, 0.1) is 0 Å². The highest BCUT2D eigenvalue weighted by Gasteiger charge is 2.28. The molecule has 5 heteroatoms. The highest BCUT2D eigenvalue weighted by atomic mass is 32.2. The lowest BCUT2D eigenvalue weighted by molar-refractivity contribution is -0.115. The number of hydrogen-bond donors (Lipinski definition) is 1. The summed E-state index contributed by atoms with van der Waals surface area (Å²) in [5.74, 6) is -0.0736. The number of rotatable bonds is 1. The number of thioether (sulfide) groups is 1. The van der Waals surface area contributed by atoms with Crippen molar-refractivity contribution < 1.29 is 4.79 Å². The van der Waals surface area contributed by atoms with E-state index in [1.54, 1.807) is 0 Å². The second kappa shape index (κ2) is 4.98. The maximum Gasteiger partial charge on any atom is 0.265 e. The number of aryl methyl sites for hydroxylation is 1. The molecule has 0 unspecified atom stereocenters. The molecule has 0 spiro atoms. The van der Waals surface area contributed by atoms with E-state index >= 15 is 0 Å². The summed E-state index contributed by atoms with van der Waals surface area (Å²) < 4.78 is 0.546. The van der Waals surface area contributed by atoms with Crippen molar-refractivity contribution in [2.45, 2.75) is 19.8 Å². The molecule has 1 N–H and O–H groups in total. The number of carbonyl (C=O) groups excluding carboxylic acids is 1. The summed E-state index contributed by atoms with van der Waals surface area (Å²) in [5.41, 5.74) is 3.55. The average molecular weight is 290 g/mol. The monoisotopic (exact) mass is 290 g/mol. The van der Waals surface area contributed by atoms with Gasteiger partial charge in [-0.15, -0.1) is 0 Å². The largest absolute Gasteiger partial charge is 0.344 e. The van der Waals surface area contributed by atoms with Crippen LogP contribution in [0.4, 0.5) is 5.69 Å². The van der Waals surface area contributed by atoms with E-state index in [-0.39, 0.29) is 5.91 Å². The van der Waals surface area contributed by atoms with Crippen LogP contribution in [-0.4, -0.2) is 16.8 Å². The number of nitrogens with one attached hydrogen (secondary N) is 1. The van der Waals surface area contributed by atoms with Gasteiger partial charge >= 0.3 is 0 Å². The number of hydrogen-bond acceptors (Lipinski definition) is 4. The van der Waals surface area contributed by atoms with E-state index in [1.165, 1.54) is 23.0 Å². The van der Waals surface area contributed by atoms with Gasteiger partial charge in [-0.1, -0.05) is 42.2 Å². The third-order valence-corrected chi connectivity index (χ3v) is 4.78.